The summed E-state index contributed by atoms with van der Waals surface area (Å²) in [5.74, 6) is 0.194. The number of amides is 1. The first-order chi connectivity index (χ1) is 10.4. The van der Waals surface area contributed by atoms with Gasteiger partial charge in [0.15, 0.2) is 0 Å². The number of H-pyrrole nitrogens is 1. The summed E-state index contributed by atoms with van der Waals surface area (Å²) in [6.07, 6.45) is 5.40. The number of nitrogens with zero attached hydrogens (tertiary/aromatic N) is 1. The zero-order valence-electron chi connectivity index (χ0n) is 13.6. The number of benzene rings is 1. The van der Waals surface area contributed by atoms with Crippen LogP contribution in [0, 0.1) is 10.8 Å². The Bertz CT molecular complexity index is 745. The van der Waals surface area contributed by atoms with Crippen LogP contribution in [0.4, 0.5) is 0 Å². The van der Waals surface area contributed by atoms with Crippen molar-refractivity contribution in [2.75, 3.05) is 6.54 Å². The van der Waals surface area contributed by atoms with Gasteiger partial charge in [-0.25, -0.2) is 0 Å². The van der Waals surface area contributed by atoms with E-state index in [0.717, 1.165) is 35.9 Å². The summed E-state index contributed by atoms with van der Waals surface area (Å²) in [7, 11) is 0. The van der Waals surface area contributed by atoms with Crippen molar-refractivity contribution in [1.29, 1.82) is 0 Å². The van der Waals surface area contributed by atoms with Gasteiger partial charge in [-0.2, -0.15) is 0 Å². The largest absolute Gasteiger partial charge is 0.361 e. The Labute approximate surface area is 131 Å². The van der Waals surface area contributed by atoms with Gasteiger partial charge in [0.25, 0.3) is 5.91 Å². The normalized spacial score (nSPS) is 30.0. The third-order valence-electron chi connectivity index (χ3n) is 5.49. The summed E-state index contributed by atoms with van der Waals surface area (Å²) in [4.78, 5) is 18.5. The van der Waals surface area contributed by atoms with Crippen LogP contribution in [0.15, 0.2) is 30.5 Å². The van der Waals surface area contributed by atoms with E-state index in [0.29, 0.717) is 11.5 Å². The van der Waals surface area contributed by atoms with Gasteiger partial charge in [0.2, 0.25) is 0 Å². The molecule has 2 aromatic rings. The Balaban J connectivity index is 1.71. The lowest BCUT2D eigenvalue weighted by atomic mass is 9.65. The number of fused-ring (bicyclic) bond motifs is 3. The molecule has 1 aromatic carbocycles. The Morgan fingerprint density at radius 3 is 2.86 bits per heavy atom. The average molecular weight is 296 g/mol. The zero-order chi connectivity index (χ0) is 15.5. The first-order valence-corrected chi connectivity index (χ1v) is 8.24. The fourth-order valence-electron chi connectivity index (χ4n) is 5.12. The SMILES string of the molecule is CC1(C)C[C@H]2C[C@](C)(CN2C(=O)c2cccc3cc[nH]c23)C1. The van der Waals surface area contributed by atoms with Gasteiger partial charge in [0, 0.05) is 24.2 Å². The molecule has 1 aliphatic heterocycles. The van der Waals surface area contributed by atoms with E-state index in [1.807, 2.05) is 24.4 Å². The van der Waals surface area contributed by atoms with Crippen LogP contribution >= 0.6 is 0 Å². The van der Waals surface area contributed by atoms with Crippen molar-refractivity contribution in [3.8, 4) is 0 Å². The van der Waals surface area contributed by atoms with E-state index in [-0.39, 0.29) is 11.3 Å². The fourth-order valence-corrected chi connectivity index (χ4v) is 5.12. The first-order valence-electron chi connectivity index (χ1n) is 8.24. The molecule has 2 atom stereocenters. The van der Waals surface area contributed by atoms with E-state index in [9.17, 15) is 4.79 Å². The molecule has 0 unspecified atom stereocenters. The second kappa shape index (κ2) is 4.37. The maximum Gasteiger partial charge on any atom is 0.256 e. The van der Waals surface area contributed by atoms with Crippen LogP contribution in [0.2, 0.25) is 0 Å². The molecule has 0 radical (unpaired) electrons. The van der Waals surface area contributed by atoms with E-state index < -0.39 is 0 Å². The van der Waals surface area contributed by atoms with Gasteiger partial charge < -0.3 is 9.88 Å². The fraction of sp³-hybridized carbons (Fsp3) is 0.526. The standard InChI is InChI=1S/C19H24N2O/c1-18(2)9-14-10-19(3,11-18)12-21(14)17(22)15-6-4-5-13-7-8-20-16(13)15/h4-8,14,20H,9-12H2,1-3H3/t14-,19-/m0/s1. The Morgan fingerprint density at radius 2 is 2.05 bits per heavy atom. The van der Waals surface area contributed by atoms with Crippen molar-refractivity contribution in [1.82, 2.24) is 9.88 Å². The Hall–Kier alpha value is -1.77. The van der Waals surface area contributed by atoms with Crippen LogP contribution in [-0.4, -0.2) is 28.4 Å². The van der Waals surface area contributed by atoms with E-state index in [1.54, 1.807) is 0 Å². The minimum absolute atomic E-state index is 0.194. The Kier molecular flexibility index (Phi) is 2.76. The quantitative estimate of drug-likeness (QED) is 0.841. The predicted molar refractivity (Wildman–Crippen MR) is 88.9 cm³/mol. The summed E-state index contributed by atoms with van der Waals surface area (Å²) in [6, 6.07) is 8.41. The van der Waals surface area contributed by atoms with E-state index in [1.165, 1.54) is 6.42 Å². The van der Waals surface area contributed by atoms with Gasteiger partial charge >= 0.3 is 0 Å². The molecule has 2 heterocycles. The molecule has 1 amide bonds. The zero-order valence-corrected chi connectivity index (χ0v) is 13.6. The number of aromatic amines is 1. The maximum absolute atomic E-state index is 13.2. The number of hydrogen-bond donors (Lipinski definition) is 1. The molecular weight excluding hydrogens is 272 g/mol. The number of rotatable bonds is 1. The molecule has 3 nitrogen and oxygen atoms in total. The lowest BCUT2D eigenvalue weighted by Gasteiger charge is -2.39. The lowest BCUT2D eigenvalue weighted by Crippen LogP contribution is -2.37. The number of para-hydroxylation sites is 1. The van der Waals surface area contributed by atoms with Gasteiger partial charge in [-0.1, -0.05) is 32.9 Å². The van der Waals surface area contributed by atoms with Crippen molar-refractivity contribution in [2.45, 2.75) is 46.1 Å². The molecule has 4 rings (SSSR count). The first kappa shape index (κ1) is 13.9. The highest BCUT2D eigenvalue weighted by molar-refractivity contribution is 6.05. The highest BCUT2D eigenvalue weighted by Crippen LogP contribution is 2.52. The van der Waals surface area contributed by atoms with Gasteiger partial charge in [-0.3, -0.25) is 4.79 Å². The molecule has 1 aromatic heterocycles. The topological polar surface area (TPSA) is 36.1 Å². The second-order valence-corrected chi connectivity index (χ2v) is 8.39. The Morgan fingerprint density at radius 1 is 1.23 bits per heavy atom. The summed E-state index contributed by atoms with van der Waals surface area (Å²) in [6.45, 7) is 7.94. The van der Waals surface area contributed by atoms with Crippen molar-refractivity contribution in [2.24, 2.45) is 10.8 Å². The summed E-state index contributed by atoms with van der Waals surface area (Å²) in [5, 5.41) is 1.11. The maximum atomic E-state index is 13.2. The molecule has 22 heavy (non-hydrogen) atoms. The smallest absolute Gasteiger partial charge is 0.256 e. The third kappa shape index (κ3) is 2.06. The highest BCUT2D eigenvalue weighted by Gasteiger charge is 2.51. The summed E-state index contributed by atoms with van der Waals surface area (Å²) in [5.41, 5.74) is 2.41. The van der Waals surface area contributed by atoms with Gasteiger partial charge in [-0.05, 0) is 42.2 Å². The predicted octanol–water partition coefficient (Wildman–Crippen LogP) is 4.21. The average Bonchev–Trinajstić information content (AvgIpc) is 2.98. The number of carbonyl (C=O) groups excluding carboxylic acids is 1. The molecule has 3 heteroatoms. The molecule has 2 fully saturated rings. The second-order valence-electron chi connectivity index (χ2n) is 8.39. The van der Waals surface area contributed by atoms with Crippen molar-refractivity contribution in [3.05, 3.63) is 36.0 Å². The van der Waals surface area contributed by atoms with Crippen molar-refractivity contribution < 1.29 is 4.79 Å². The van der Waals surface area contributed by atoms with Crippen LogP contribution in [-0.2, 0) is 0 Å². The molecule has 2 aliphatic rings. The van der Waals surface area contributed by atoms with Crippen molar-refractivity contribution in [3.63, 3.8) is 0 Å². The van der Waals surface area contributed by atoms with E-state index in [2.05, 4.69) is 36.7 Å². The van der Waals surface area contributed by atoms with Crippen LogP contribution in [0.5, 0.6) is 0 Å². The van der Waals surface area contributed by atoms with E-state index in [4.69, 9.17) is 0 Å². The number of likely N-dealkylation sites (tertiary alicyclic amines) is 1. The van der Waals surface area contributed by atoms with Crippen LogP contribution < -0.4 is 0 Å². The number of hydrogen-bond acceptors (Lipinski definition) is 1. The third-order valence-corrected chi connectivity index (χ3v) is 5.49. The number of aromatic nitrogens is 1. The molecule has 0 spiro atoms. The summed E-state index contributed by atoms with van der Waals surface area (Å²) < 4.78 is 0. The van der Waals surface area contributed by atoms with E-state index >= 15 is 0 Å². The minimum Gasteiger partial charge on any atom is -0.361 e. The number of carbonyl (C=O) groups is 1. The molecule has 116 valence electrons. The van der Waals surface area contributed by atoms with Crippen LogP contribution in [0.25, 0.3) is 10.9 Å². The molecule has 1 saturated carbocycles. The minimum atomic E-state index is 0.194. The molecule has 1 aliphatic carbocycles. The molecule has 2 bridgehead atoms. The van der Waals surface area contributed by atoms with Gasteiger partial charge in [0.1, 0.15) is 0 Å². The monoisotopic (exact) mass is 296 g/mol. The summed E-state index contributed by atoms with van der Waals surface area (Å²) >= 11 is 0. The van der Waals surface area contributed by atoms with Crippen LogP contribution in [0.1, 0.15) is 50.4 Å². The highest BCUT2D eigenvalue weighted by atomic mass is 16.2. The molecule has 1 saturated heterocycles. The molecular formula is C19H24N2O. The lowest BCUT2D eigenvalue weighted by molar-refractivity contribution is 0.0710. The number of nitrogens with one attached hydrogen (secondary N) is 1. The van der Waals surface area contributed by atoms with Crippen LogP contribution in [0.3, 0.4) is 0 Å². The van der Waals surface area contributed by atoms with Crippen molar-refractivity contribution >= 4 is 16.8 Å². The van der Waals surface area contributed by atoms with Gasteiger partial charge in [0.05, 0.1) is 11.1 Å². The molecule has 1 N–H and O–H groups in total. The van der Waals surface area contributed by atoms with Gasteiger partial charge in [-0.15, -0.1) is 0 Å².